The van der Waals surface area contributed by atoms with Crippen molar-refractivity contribution in [2.45, 2.75) is 76.9 Å². The van der Waals surface area contributed by atoms with Crippen LogP contribution in [0.4, 0.5) is 14.4 Å². The Kier molecular flexibility index (Phi) is 17.6. The molecule has 2 N–H and O–H groups in total. The number of nitrogens with one attached hydrogen (secondary N) is 2. The third-order valence-electron chi connectivity index (χ3n) is 7.62. The SMILES string of the molecule is CCCN(CC[C@H](OCCNC(=O)OC)c1cccc(Cl)c1)C(=O)NC(C[C@H]1CCCOC1)CN(C)C(=O)OCC[Si](C)(C)C. The second-order valence-corrected chi connectivity index (χ2v) is 18.9. The van der Waals surface area contributed by atoms with Crippen LogP contribution in [-0.4, -0.2) is 109 Å². The van der Waals surface area contributed by atoms with E-state index in [2.05, 4.69) is 35.0 Å². The van der Waals surface area contributed by atoms with Gasteiger partial charge in [-0.3, -0.25) is 0 Å². The fraction of sp³-hybridized carbons (Fsp3) is 0.719. The van der Waals surface area contributed by atoms with E-state index in [9.17, 15) is 14.4 Å². The van der Waals surface area contributed by atoms with E-state index >= 15 is 0 Å². The number of hydrogen-bond acceptors (Lipinski definition) is 7. The minimum Gasteiger partial charge on any atom is -0.453 e. The van der Waals surface area contributed by atoms with Gasteiger partial charge in [-0.15, -0.1) is 0 Å². The zero-order chi connectivity index (χ0) is 33.2. The van der Waals surface area contributed by atoms with E-state index in [0.29, 0.717) is 56.6 Å². The van der Waals surface area contributed by atoms with Crippen molar-refractivity contribution in [3.63, 3.8) is 0 Å². The number of ether oxygens (including phenoxy) is 4. The fourth-order valence-electron chi connectivity index (χ4n) is 5.14. The molecule has 1 heterocycles. The zero-order valence-electron chi connectivity index (χ0n) is 28.1. The van der Waals surface area contributed by atoms with Gasteiger partial charge in [-0.25, -0.2) is 14.4 Å². The number of amides is 4. The van der Waals surface area contributed by atoms with E-state index in [-0.39, 0.29) is 37.4 Å². The van der Waals surface area contributed by atoms with E-state index in [4.69, 9.17) is 25.8 Å². The maximum Gasteiger partial charge on any atom is 0.409 e. The van der Waals surface area contributed by atoms with E-state index < -0.39 is 14.2 Å². The molecule has 13 heteroatoms. The third-order valence-corrected chi connectivity index (χ3v) is 9.56. The summed E-state index contributed by atoms with van der Waals surface area (Å²) >= 11 is 6.27. The molecule has 1 unspecified atom stereocenters. The van der Waals surface area contributed by atoms with Crippen molar-refractivity contribution >= 4 is 37.9 Å². The number of rotatable bonds is 18. The standard InChI is InChI=1S/C32H55ClN4O7Si/c1-7-15-37(16-13-29(26-11-8-12-27(33)22-26)43-18-14-34-31(39)41-3)30(38)35-28(21-25-10-9-17-42-24-25)23-36(2)32(40)44-19-20-45(4,5)6/h8,11-12,22,25,28-29H,7,9-10,13-21,23-24H2,1-6H3,(H,34,39)(H,35,38)/t25-,28?,29+/m1/s1. The molecule has 1 aliphatic rings. The Bertz CT molecular complexity index is 1040. The summed E-state index contributed by atoms with van der Waals surface area (Å²) in [4.78, 5) is 41.3. The van der Waals surface area contributed by atoms with Crippen LogP contribution in [-0.2, 0) is 18.9 Å². The van der Waals surface area contributed by atoms with Gasteiger partial charge in [0, 0.05) is 65.6 Å². The van der Waals surface area contributed by atoms with Crippen LogP contribution in [0.1, 0.15) is 50.7 Å². The van der Waals surface area contributed by atoms with Gasteiger partial charge in [0.05, 0.1) is 26.4 Å². The van der Waals surface area contributed by atoms with Crippen LogP contribution in [0.3, 0.4) is 0 Å². The second-order valence-electron chi connectivity index (χ2n) is 12.9. The number of likely N-dealkylation sites (N-methyl/N-ethyl adjacent to an activating group) is 1. The monoisotopic (exact) mass is 670 g/mol. The van der Waals surface area contributed by atoms with Gasteiger partial charge in [-0.05, 0) is 61.8 Å². The zero-order valence-corrected chi connectivity index (χ0v) is 29.8. The first-order chi connectivity index (χ1) is 21.4. The van der Waals surface area contributed by atoms with Crippen LogP contribution in [0, 0.1) is 5.92 Å². The average Bonchev–Trinajstić information content (AvgIpc) is 2.99. The molecular weight excluding hydrogens is 616 g/mol. The maximum absolute atomic E-state index is 13.7. The normalized spacial score (nSPS) is 16.3. The summed E-state index contributed by atoms with van der Waals surface area (Å²) in [6.45, 7) is 12.5. The summed E-state index contributed by atoms with van der Waals surface area (Å²) in [6.07, 6.45) is 2.78. The topological polar surface area (TPSA) is 119 Å². The highest BCUT2D eigenvalue weighted by molar-refractivity contribution is 6.76. The van der Waals surface area contributed by atoms with E-state index in [0.717, 1.165) is 37.5 Å². The predicted molar refractivity (Wildman–Crippen MR) is 180 cm³/mol. The first-order valence-electron chi connectivity index (χ1n) is 16.1. The largest absolute Gasteiger partial charge is 0.453 e. The average molecular weight is 671 g/mol. The Hall–Kier alpha value is -2.54. The highest BCUT2D eigenvalue weighted by atomic mass is 35.5. The van der Waals surface area contributed by atoms with Gasteiger partial charge in [-0.2, -0.15) is 0 Å². The smallest absolute Gasteiger partial charge is 0.409 e. The van der Waals surface area contributed by atoms with Crippen molar-refractivity contribution in [2.75, 3.05) is 66.8 Å². The lowest BCUT2D eigenvalue weighted by Crippen LogP contribution is -2.51. The molecule has 0 aliphatic carbocycles. The van der Waals surface area contributed by atoms with Crippen LogP contribution in [0.15, 0.2) is 24.3 Å². The molecule has 11 nitrogen and oxygen atoms in total. The quantitative estimate of drug-likeness (QED) is 0.142. The van der Waals surface area contributed by atoms with E-state index in [1.54, 1.807) is 22.9 Å². The molecule has 1 aromatic rings. The lowest BCUT2D eigenvalue weighted by Gasteiger charge is -2.32. The first-order valence-corrected chi connectivity index (χ1v) is 20.2. The Morgan fingerprint density at radius 1 is 1.18 bits per heavy atom. The van der Waals surface area contributed by atoms with Crippen LogP contribution in [0.2, 0.25) is 30.7 Å². The van der Waals surface area contributed by atoms with Crippen molar-refractivity contribution < 1.29 is 33.3 Å². The van der Waals surface area contributed by atoms with Crippen molar-refractivity contribution in [1.82, 2.24) is 20.4 Å². The number of urea groups is 1. The van der Waals surface area contributed by atoms with Crippen LogP contribution < -0.4 is 10.6 Å². The number of carbonyl (C=O) groups is 3. The molecular formula is C32H55ClN4O7Si. The van der Waals surface area contributed by atoms with Crippen molar-refractivity contribution in [2.24, 2.45) is 5.92 Å². The maximum atomic E-state index is 13.7. The number of carbonyl (C=O) groups excluding carboxylic acids is 3. The minimum atomic E-state index is -1.33. The number of halogens is 1. The van der Waals surface area contributed by atoms with Gasteiger partial charge in [0.2, 0.25) is 0 Å². The van der Waals surface area contributed by atoms with Crippen LogP contribution in [0.5, 0.6) is 0 Å². The lowest BCUT2D eigenvalue weighted by atomic mass is 9.94. The molecule has 1 aliphatic heterocycles. The molecule has 0 aromatic heterocycles. The Morgan fingerprint density at radius 2 is 1.96 bits per heavy atom. The Balaban J connectivity index is 2.08. The summed E-state index contributed by atoms with van der Waals surface area (Å²) in [6, 6.07) is 7.91. The number of alkyl carbamates (subject to hydrolysis) is 1. The summed E-state index contributed by atoms with van der Waals surface area (Å²) in [5.41, 5.74) is 0.891. The summed E-state index contributed by atoms with van der Waals surface area (Å²) in [7, 11) is 1.70. The van der Waals surface area contributed by atoms with Gasteiger partial charge < -0.3 is 39.4 Å². The van der Waals surface area contributed by atoms with E-state index in [1.807, 2.05) is 25.1 Å². The Morgan fingerprint density at radius 3 is 2.60 bits per heavy atom. The van der Waals surface area contributed by atoms with Gasteiger partial charge in [-0.1, -0.05) is 50.3 Å². The van der Waals surface area contributed by atoms with Crippen LogP contribution >= 0.6 is 11.6 Å². The highest BCUT2D eigenvalue weighted by Gasteiger charge is 2.27. The molecule has 0 radical (unpaired) electrons. The summed E-state index contributed by atoms with van der Waals surface area (Å²) in [5.74, 6) is 0.305. The van der Waals surface area contributed by atoms with Crippen molar-refractivity contribution in [3.05, 3.63) is 34.9 Å². The predicted octanol–water partition coefficient (Wildman–Crippen LogP) is 6.16. The summed E-state index contributed by atoms with van der Waals surface area (Å²) in [5, 5.41) is 6.44. The highest BCUT2D eigenvalue weighted by Crippen LogP contribution is 2.25. The first kappa shape index (κ1) is 38.6. The molecule has 4 amide bonds. The molecule has 0 spiro atoms. The molecule has 3 atom stereocenters. The molecule has 0 bridgehead atoms. The van der Waals surface area contributed by atoms with Gasteiger partial charge in [0.1, 0.15) is 0 Å². The molecule has 45 heavy (non-hydrogen) atoms. The second kappa shape index (κ2) is 20.6. The van der Waals surface area contributed by atoms with Crippen LogP contribution in [0.25, 0.3) is 0 Å². The van der Waals surface area contributed by atoms with Gasteiger partial charge in [0.15, 0.2) is 0 Å². The molecule has 256 valence electrons. The number of hydrogen-bond donors (Lipinski definition) is 2. The molecule has 1 saturated heterocycles. The molecule has 2 rings (SSSR count). The van der Waals surface area contributed by atoms with E-state index in [1.165, 1.54) is 7.11 Å². The Labute approximate surface area is 275 Å². The lowest BCUT2D eigenvalue weighted by molar-refractivity contribution is 0.0411. The third kappa shape index (κ3) is 16.0. The van der Waals surface area contributed by atoms with Gasteiger partial charge in [0.25, 0.3) is 0 Å². The molecule has 0 saturated carbocycles. The number of methoxy groups -OCH3 is 1. The number of nitrogens with zero attached hydrogens (tertiary/aromatic N) is 2. The van der Waals surface area contributed by atoms with Gasteiger partial charge >= 0.3 is 18.2 Å². The molecule has 1 fully saturated rings. The number of benzene rings is 1. The minimum absolute atomic E-state index is 0.184. The van der Waals surface area contributed by atoms with Crippen molar-refractivity contribution in [3.8, 4) is 0 Å². The summed E-state index contributed by atoms with van der Waals surface area (Å²) < 4.78 is 22.0. The van der Waals surface area contributed by atoms with Crippen molar-refractivity contribution in [1.29, 1.82) is 0 Å². The molecule has 1 aromatic carbocycles. The fourth-order valence-corrected chi connectivity index (χ4v) is 6.05.